The summed E-state index contributed by atoms with van der Waals surface area (Å²) in [5, 5.41) is 3.44. The van der Waals surface area contributed by atoms with E-state index in [0.29, 0.717) is 16.5 Å². The van der Waals surface area contributed by atoms with Gasteiger partial charge in [-0.2, -0.15) is 0 Å². The zero-order chi connectivity index (χ0) is 13.8. The van der Waals surface area contributed by atoms with E-state index in [1.54, 1.807) is 17.0 Å². The molecule has 1 N–H and O–H groups in total. The van der Waals surface area contributed by atoms with E-state index in [1.165, 1.54) is 6.07 Å². The highest BCUT2D eigenvalue weighted by Crippen LogP contribution is 2.22. The van der Waals surface area contributed by atoms with E-state index >= 15 is 0 Å². The van der Waals surface area contributed by atoms with E-state index in [1.807, 2.05) is 7.05 Å². The lowest BCUT2D eigenvalue weighted by molar-refractivity contribution is -0.129. The molecule has 1 aliphatic heterocycles. The Kier molecular flexibility index (Phi) is 6.72. The van der Waals surface area contributed by atoms with Crippen molar-refractivity contribution in [2.75, 3.05) is 26.7 Å². The van der Waals surface area contributed by atoms with Crippen LogP contribution in [0.25, 0.3) is 0 Å². The molecule has 0 aromatic heterocycles. The van der Waals surface area contributed by atoms with Crippen LogP contribution in [0.2, 0.25) is 5.02 Å². The summed E-state index contributed by atoms with van der Waals surface area (Å²) in [7, 11) is 1.91. The van der Waals surface area contributed by atoms with Gasteiger partial charge in [-0.05, 0) is 38.1 Å². The number of hydrogen-bond acceptors (Lipinski definition) is 2. The Hall–Kier alpha value is -0.840. The van der Waals surface area contributed by atoms with Crippen molar-refractivity contribution >= 4 is 29.9 Å². The average molecular weight is 321 g/mol. The number of nitrogens with zero attached hydrogens (tertiary/aromatic N) is 1. The van der Waals surface area contributed by atoms with Crippen molar-refractivity contribution in [1.82, 2.24) is 10.2 Å². The van der Waals surface area contributed by atoms with Crippen LogP contribution in [0.1, 0.15) is 12.0 Å². The van der Waals surface area contributed by atoms with E-state index in [2.05, 4.69) is 5.32 Å². The van der Waals surface area contributed by atoms with Gasteiger partial charge in [0.1, 0.15) is 5.82 Å². The summed E-state index contributed by atoms with van der Waals surface area (Å²) in [4.78, 5) is 13.9. The van der Waals surface area contributed by atoms with E-state index < -0.39 is 5.82 Å². The van der Waals surface area contributed by atoms with Gasteiger partial charge in [0.15, 0.2) is 0 Å². The minimum absolute atomic E-state index is 0. The lowest BCUT2D eigenvalue weighted by Gasteiger charge is -2.17. The quantitative estimate of drug-likeness (QED) is 0.924. The Morgan fingerprint density at radius 2 is 2.30 bits per heavy atom. The molecule has 112 valence electrons. The maximum absolute atomic E-state index is 13.6. The third kappa shape index (κ3) is 4.08. The minimum atomic E-state index is -0.410. The van der Waals surface area contributed by atoms with E-state index in [-0.39, 0.29) is 24.7 Å². The van der Waals surface area contributed by atoms with Crippen molar-refractivity contribution in [3.63, 3.8) is 0 Å². The second-order valence-corrected chi connectivity index (χ2v) is 5.34. The van der Waals surface area contributed by atoms with Gasteiger partial charge in [-0.15, -0.1) is 12.4 Å². The lowest BCUT2D eigenvalue weighted by Crippen LogP contribution is -2.31. The Morgan fingerprint density at radius 1 is 1.55 bits per heavy atom. The molecule has 0 radical (unpaired) electrons. The van der Waals surface area contributed by atoms with Crippen LogP contribution in [0.15, 0.2) is 18.2 Å². The Bertz CT molecular complexity index is 450. The van der Waals surface area contributed by atoms with Crippen LogP contribution < -0.4 is 5.32 Å². The lowest BCUT2D eigenvalue weighted by atomic mass is 10.1. The predicted octanol–water partition coefficient (Wildman–Crippen LogP) is 2.51. The highest BCUT2D eigenvalue weighted by Gasteiger charge is 2.26. The van der Waals surface area contributed by atoms with Gasteiger partial charge in [-0.25, -0.2) is 4.39 Å². The summed E-state index contributed by atoms with van der Waals surface area (Å²) in [6.07, 6.45) is 1.04. The number of halogens is 3. The fraction of sp³-hybridized carbons (Fsp3) is 0.500. The van der Waals surface area contributed by atoms with Crippen LogP contribution in [0, 0.1) is 11.7 Å². The molecule has 6 heteroatoms. The molecule has 0 spiro atoms. The number of carbonyl (C=O) groups is 1. The van der Waals surface area contributed by atoms with Crippen LogP contribution in [0.3, 0.4) is 0 Å². The molecule has 0 saturated carbocycles. The second kappa shape index (κ2) is 7.81. The topological polar surface area (TPSA) is 32.3 Å². The molecule has 1 saturated heterocycles. The van der Waals surface area contributed by atoms with E-state index in [0.717, 1.165) is 26.1 Å². The zero-order valence-corrected chi connectivity index (χ0v) is 12.9. The molecular formula is C14H19Cl2FN2O. The number of nitrogens with one attached hydrogen (secondary N) is 1. The molecule has 20 heavy (non-hydrogen) atoms. The van der Waals surface area contributed by atoms with Crippen LogP contribution in [0.4, 0.5) is 4.39 Å². The number of benzene rings is 1. The van der Waals surface area contributed by atoms with E-state index in [9.17, 15) is 9.18 Å². The molecular weight excluding hydrogens is 302 g/mol. The van der Waals surface area contributed by atoms with Crippen molar-refractivity contribution in [2.24, 2.45) is 5.92 Å². The largest absolute Gasteiger partial charge is 0.342 e. The van der Waals surface area contributed by atoms with Crippen LogP contribution in [0.5, 0.6) is 0 Å². The number of hydrogen-bond donors (Lipinski definition) is 1. The van der Waals surface area contributed by atoms with Gasteiger partial charge < -0.3 is 10.2 Å². The molecule has 0 aliphatic carbocycles. The SMILES string of the molecule is CNCC1CCN(C(=O)Cc2c(F)cccc2Cl)C1.Cl. The standard InChI is InChI=1S/C14H18ClFN2O.ClH/c1-17-8-10-5-6-18(9-10)14(19)7-11-12(15)3-2-4-13(11)16;/h2-4,10,17H,5-9H2,1H3;1H. The molecule has 3 nitrogen and oxygen atoms in total. The molecule has 1 aliphatic rings. The maximum atomic E-state index is 13.6. The molecule has 1 fully saturated rings. The van der Waals surface area contributed by atoms with Crippen LogP contribution in [-0.4, -0.2) is 37.5 Å². The predicted molar refractivity (Wildman–Crippen MR) is 81.0 cm³/mol. The van der Waals surface area contributed by atoms with Crippen molar-refractivity contribution in [1.29, 1.82) is 0 Å². The number of likely N-dealkylation sites (tertiary alicyclic amines) is 1. The van der Waals surface area contributed by atoms with Crippen LogP contribution >= 0.6 is 24.0 Å². The van der Waals surface area contributed by atoms with Gasteiger partial charge >= 0.3 is 0 Å². The smallest absolute Gasteiger partial charge is 0.227 e. The zero-order valence-electron chi connectivity index (χ0n) is 11.4. The summed E-state index contributed by atoms with van der Waals surface area (Å²) in [5.41, 5.74) is 0.297. The Morgan fingerprint density at radius 3 is 2.95 bits per heavy atom. The summed E-state index contributed by atoms with van der Waals surface area (Å²) >= 11 is 5.94. The summed E-state index contributed by atoms with van der Waals surface area (Å²) in [5.74, 6) is 0.0301. The normalized spacial score (nSPS) is 17.9. The highest BCUT2D eigenvalue weighted by atomic mass is 35.5. The van der Waals surface area contributed by atoms with Crippen molar-refractivity contribution < 1.29 is 9.18 Å². The van der Waals surface area contributed by atoms with Crippen LogP contribution in [-0.2, 0) is 11.2 Å². The first-order valence-corrected chi connectivity index (χ1v) is 6.85. The highest BCUT2D eigenvalue weighted by molar-refractivity contribution is 6.31. The van der Waals surface area contributed by atoms with E-state index in [4.69, 9.17) is 11.6 Å². The molecule has 1 atom stereocenters. The molecule has 1 aromatic rings. The number of rotatable bonds is 4. The third-order valence-electron chi connectivity index (χ3n) is 3.52. The van der Waals surface area contributed by atoms with Gasteiger partial charge in [0, 0.05) is 23.7 Å². The molecule has 1 amide bonds. The Labute approximate surface area is 129 Å². The van der Waals surface area contributed by atoms with Crippen molar-refractivity contribution in [3.8, 4) is 0 Å². The van der Waals surface area contributed by atoms with Gasteiger partial charge in [0.25, 0.3) is 0 Å². The first kappa shape index (κ1) is 17.2. The summed E-state index contributed by atoms with van der Waals surface area (Å²) < 4.78 is 13.6. The van der Waals surface area contributed by atoms with Crippen molar-refractivity contribution in [2.45, 2.75) is 12.8 Å². The van der Waals surface area contributed by atoms with Crippen molar-refractivity contribution in [3.05, 3.63) is 34.6 Å². The monoisotopic (exact) mass is 320 g/mol. The average Bonchev–Trinajstić information content (AvgIpc) is 2.83. The van der Waals surface area contributed by atoms with Gasteiger partial charge in [-0.1, -0.05) is 17.7 Å². The van der Waals surface area contributed by atoms with Gasteiger partial charge in [0.05, 0.1) is 6.42 Å². The van der Waals surface area contributed by atoms with Gasteiger partial charge in [-0.3, -0.25) is 4.79 Å². The fourth-order valence-electron chi connectivity index (χ4n) is 2.48. The fourth-order valence-corrected chi connectivity index (χ4v) is 2.71. The summed E-state index contributed by atoms with van der Waals surface area (Å²) in [6.45, 7) is 2.40. The minimum Gasteiger partial charge on any atom is -0.342 e. The summed E-state index contributed by atoms with van der Waals surface area (Å²) in [6, 6.07) is 4.49. The molecule has 1 heterocycles. The van der Waals surface area contributed by atoms with Gasteiger partial charge in [0.2, 0.25) is 5.91 Å². The third-order valence-corrected chi connectivity index (χ3v) is 3.88. The first-order chi connectivity index (χ1) is 9.11. The molecule has 1 aromatic carbocycles. The second-order valence-electron chi connectivity index (χ2n) is 4.93. The number of amides is 1. The molecule has 0 bridgehead atoms. The molecule has 2 rings (SSSR count). The molecule has 1 unspecified atom stereocenters. The first-order valence-electron chi connectivity index (χ1n) is 6.47. The number of carbonyl (C=O) groups excluding carboxylic acids is 1. The maximum Gasteiger partial charge on any atom is 0.227 e. The Balaban J connectivity index is 0.00000200.